The molecule has 2 aliphatic heterocycles. The quantitative estimate of drug-likeness (QED) is 0.604. The highest BCUT2D eigenvalue weighted by Crippen LogP contribution is 2.40. The van der Waals surface area contributed by atoms with Crippen LogP contribution in [0.2, 0.25) is 0 Å². The highest BCUT2D eigenvalue weighted by Gasteiger charge is 2.43. The molecule has 5 nitrogen and oxygen atoms in total. The SMILES string of the molecule is Cc1cc2c(cc1C)C(=O)CC1(CCN(C(=O)c3ccc4ncccc4c3)CC1)O2. The van der Waals surface area contributed by atoms with Gasteiger partial charge >= 0.3 is 0 Å². The van der Waals surface area contributed by atoms with Gasteiger partial charge in [0.05, 0.1) is 17.5 Å². The van der Waals surface area contributed by atoms with Gasteiger partial charge in [0, 0.05) is 43.1 Å². The van der Waals surface area contributed by atoms with Gasteiger partial charge in [-0.25, -0.2) is 0 Å². The number of Topliss-reactive ketones (excluding diaryl/α,β-unsaturated/α-hetero) is 1. The summed E-state index contributed by atoms with van der Waals surface area (Å²) in [5.41, 5.74) is 3.96. The monoisotopic (exact) mass is 400 g/mol. The maximum Gasteiger partial charge on any atom is 0.253 e. The number of carbonyl (C=O) groups excluding carboxylic acids is 2. The first-order valence-electron chi connectivity index (χ1n) is 10.4. The molecule has 1 amide bonds. The van der Waals surface area contributed by atoms with Crippen molar-refractivity contribution in [1.82, 2.24) is 9.88 Å². The summed E-state index contributed by atoms with van der Waals surface area (Å²) in [5, 5.41) is 0.959. The zero-order valence-corrected chi connectivity index (χ0v) is 17.3. The third-order valence-corrected chi connectivity index (χ3v) is 6.52. The van der Waals surface area contributed by atoms with Crippen LogP contribution in [0, 0.1) is 13.8 Å². The fraction of sp³-hybridized carbons (Fsp3) is 0.320. The largest absolute Gasteiger partial charge is 0.486 e. The lowest BCUT2D eigenvalue weighted by Crippen LogP contribution is -2.52. The molecule has 0 atom stereocenters. The van der Waals surface area contributed by atoms with Crippen molar-refractivity contribution >= 4 is 22.6 Å². The molecule has 0 bridgehead atoms. The van der Waals surface area contributed by atoms with E-state index in [1.807, 2.05) is 61.2 Å². The number of benzene rings is 2. The van der Waals surface area contributed by atoms with E-state index in [0.29, 0.717) is 49.2 Å². The molecule has 3 heterocycles. The lowest BCUT2D eigenvalue weighted by Gasteiger charge is -2.44. The Hall–Kier alpha value is -3.21. The Bertz CT molecular complexity index is 1180. The molecule has 1 saturated heterocycles. The van der Waals surface area contributed by atoms with Gasteiger partial charge in [-0.2, -0.15) is 0 Å². The molecule has 5 rings (SSSR count). The van der Waals surface area contributed by atoms with E-state index in [1.54, 1.807) is 6.20 Å². The summed E-state index contributed by atoms with van der Waals surface area (Å²) in [6, 6.07) is 13.4. The highest BCUT2D eigenvalue weighted by molar-refractivity contribution is 6.01. The number of hydrogen-bond acceptors (Lipinski definition) is 4. The summed E-state index contributed by atoms with van der Waals surface area (Å²) in [6.07, 6.45) is 3.45. The van der Waals surface area contributed by atoms with Gasteiger partial charge in [-0.1, -0.05) is 6.07 Å². The number of carbonyl (C=O) groups is 2. The van der Waals surface area contributed by atoms with Crippen molar-refractivity contribution in [3.8, 4) is 5.75 Å². The van der Waals surface area contributed by atoms with Crippen LogP contribution in [0.1, 0.15) is 51.1 Å². The van der Waals surface area contributed by atoms with Crippen molar-refractivity contribution in [2.45, 2.75) is 38.7 Å². The lowest BCUT2D eigenvalue weighted by atomic mass is 9.81. The number of amides is 1. The number of likely N-dealkylation sites (tertiary alicyclic amines) is 1. The molecule has 0 saturated carbocycles. The van der Waals surface area contributed by atoms with Crippen LogP contribution in [0.4, 0.5) is 0 Å². The van der Waals surface area contributed by atoms with Crippen LogP contribution in [0.25, 0.3) is 10.9 Å². The fourth-order valence-corrected chi connectivity index (χ4v) is 4.54. The third kappa shape index (κ3) is 3.15. The first-order chi connectivity index (χ1) is 14.4. The van der Waals surface area contributed by atoms with E-state index in [0.717, 1.165) is 22.0 Å². The van der Waals surface area contributed by atoms with Crippen LogP contribution in [0.3, 0.4) is 0 Å². The summed E-state index contributed by atoms with van der Waals surface area (Å²) >= 11 is 0. The number of nitrogens with zero attached hydrogens (tertiary/aromatic N) is 2. The van der Waals surface area contributed by atoms with E-state index >= 15 is 0 Å². The number of pyridine rings is 1. The Morgan fingerprint density at radius 2 is 1.83 bits per heavy atom. The van der Waals surface area contributed by atoms with E-state index < -0.39 is 5.60 Å². The molecule has 5 heteroatoms. The van der Waals surface area contributed by atoms with Crippen LogP contribution < -0.4 is 4.74 Å². The number of fused-ring (bicyclic) bond motifs is 2. The summed E-state index contributed by atoms with van der Waals surface area (Å²) < 4.78 is 6.39. The molecule has 30 heavy (non-hydrogen) atoms. The second kappa shape index (κ2) is 6.94. The van der Waals surface area contributed by atoms with Crippen LogP contribution in [0.15, 0.2) is 48.7 Å². The molecule has 1 spiro atoms. The van der Waals surface area contributed by atoms with Crippen molar-refractivity contribution in [2.24, 2.45) is 0 Å². The second-order valence-corrected chi connectivity index (χ2v) is 8.52. The van der Waals surface area contributed by atoms with E-state index in [4.69, 9.17) is 4.74 Å². The van der Waals surface area contributed by atoms with E-state index in [1.165, 1.54) is 0 Å². The first-order valence-corrected chi connectivity index (χ1v) is 10.4. The van der Waals surface area contributed by atoms with Crippen molar-refractivity contribution in [1.29, 1.82) is 0 Å². The predicted molar refractivity (Wildman–Crippen MR) is 115 cm³/mol. The maximum atomic E-state index is 13.1. The standard InChI is InChI=1S/C25H24N2O3/c1-16-12-20-22(28)15-25(30-23(20)13-17(16)2)7-10-27(11-8-25)24(29)19-5-6-21-18(14-19)4-3-9-26-21/h3-6,9,12-14H,7-8,10-11,15H2,1-2H3. The number of ketones is 1. The van der Waals surface area contributed by atoms with Gasteiger partial charge in [-0.15, -0.1) is 0 Å². The van der Waals surface area contributed by atoms with Gasteiger partial charge in [0.2, 0.25) is 0 Å². The summed E-state index contributed by atoms with van der Waals surface area (Å²) in [5.74, 6) is 0.849. The Labute approximate surface area is 175 Å². The number of hydrogen-bond donors (Lipinski definition) is 0. The minimum atomic E-state index is -0.504. The summed E-state index contributed by atoms with van der Waals surface area (Å²) in [4.78, 5) is 32.1. The van der Waals surface area contributed by atoms with Crippen molar-refractivity contribution in [3.05, 3.63) is 70.9 Å². The van der Waals surface area contributed by atoms with Gasteiger partial charge < -0.3 is 9.64 Å². The topological polar surface area (TPSA) is 59.5 Å². The molecule has 3 aromatic rings. The van der Waals surface area contributed by atoms with Gasteiger partial charge in [-0.05, 0) is 61.4 Å². The van der Waals surface area contributed by atoms with Gasteiger partial charge in [0.1, 0.15) is 11.4 Å². The predicted octanol–water partition coefficient (Wildman–Crippen LogP) is 4.49. The van der Waals surface area contributed by atoms with Crippen molar-refractivity contribution < 1.29 is 14.3 Å². The average Bonchev–Trinajstić information content (AvgIpc) is 2.75. The zero-order chi connectivity index (χ0) is 20.9. The van der Waals surface area contributed by atoms with Gasteiger partial charge in [0.15, 0.2) is 5.78 Å². The molecule has 152 valence electrons. The minimum absolute atomic E-state index is 0.0182. The second-order valence-electron chi connectivity index (χ2n) is 8.52. The molecule has 0 N–H and O–H groups in total. The average molecular weight is 400 g/mol. The van der Waals surface area contributed by atoms with Crippen LogP contribution >= 0.6 is 0 Å². The minimum Gasteiger partial charge on any atom is -0.486 e. The number of piperidine rings is 1. The molecule has 0 aliphatic carbocycles. The normalized spacial score (nSPS) is 17.7. The Balaban J connectivity index is 1.33. The van der Waals surface area contributed by atoms with Crippen molar-refractivity contribution in [3.63, 3.8) is 0 Å². The molecular weight excluding hydrogens is 376 g/mol. The van der Waals surface area contributed by atoms with Crippen LogP contribution in [-0.2, 0) is 0 Å². The van der Waals surface area contributed by atoms with Gasteiger partial charge in [-0.3, -0.25) is 14.6 Å². The lowest BCUT2D eigenvalue weighted by molar-refractivity contribution is -0.00574. The van der Waals surface area contributed by atoms with E-state index in [9.17, 15) is 9.59 Å². The molecule has 1 fully saturated rings. The third-order valence-electron chi connectivity index (χ3n) is 6.52. The Morgan fingerprint density at radius 1 is 1.07 bits per heavy atom. The molecule has 0 unspecified atom stereocenters. The zero-order valence-electron chi connectivity index (χ0n) is 17.3. The summed E-state index contributed by atoms with van der Waals surface area (Å²) in [7, 11) is 0. The highest BCUT2D eigenvalue weighted by atomic mass is 16.5. The summed E-state index contributed by atoms with van der Waals surface area (Å²) in [6.45, 7) is 5.21. The molecular formula is C25H24N2O3. The number of aryl methyl sites for hydroxylation is 2. The van der Waals surface area contributed by atoms with E-state index in [2.05, 4.69) is 4.98 Å². The Kier molecular flexibility index (Phi) is 4.35. The van der Waals surface area contributed by atoms with Crippen LogP contribution in [-0.4, -0.2) is 40.3 Å². The fourth-order valence-electron chi connectivity index (χ4n) is 4.54. The maximum absolute atomic E-state index is 13.1. The van der Waals surface area contributed by atoms with Gasteiger partial charge in [0.25, 0.3) is 5.91 Å². The smallest absolute Gasteiger partial charge is 0.253 e. The number of aromatic nitrogens is 1. The molecule has 1 aromatic heterocycles. The number of rotatable bonds is 1. The molecule has 2 aliphatic rings. The first kappa shape index (κ1) is 18.8. The van der Waals surface area contributed by atoms with Crippen molar-refractivity contribution in [2.75, 3.05) is 13.1 Å². The Morgan fingerprint density at radius 3 is 2.63 bits per heavy atom. The number of ether oxygens (including phenoxy) is 1. The molecule has 2 aromatic carbocycles. The van der Waals surface area contributed by atoms with Crippen LogP contribution in [0.5, 0.6) is 5.75 Å². The van der Waals surface area contributed by atoms with E-state index in [-0.39, 0.29) is 11.7 Å². The molecule has 0 radical (unpaired) electrons.